The summed E-state index contributed by atoms with van der Waals surface area (Å²) in [6, 6.07) is 6.78. The third-order valence-corrected chi connectivity index (χ3v) is 4.33. The van der Waals surface area contributed by atoms with Gasteiger partial charge >= 0.3 is 0 Å². The Morgan fingerprint density at radius 2 is 2.29 bits per heavy atom. The Hall–Kier alpha value is -1.38. The first-order valence-electron chi connectivity index (χ1n) is 6.40. The predicted molar refractivity (Wildman–Crippen MR) is 70.9 cm³/mol. The molecule has 2 atom stereocenters. The summed E-state index contributed by atoms with van der Waals surface area (Å²) >= 11 is 0. The zero-order chi connectivity index (χ0) is 11.9. The number of benzene rings is 1. The predicted octanol–water partition coefficient (Wildman–Crippen LogP) is 3.09. The Morgan fingerprint density at radius 1 is 1.41 bits per heavy atom. The lowest BCUT2D eigenvalue weighted by Gasteiger charge is -2.29. The van der Waals surface area contributed by atoms with Crippen LogP contribution in [0.4, 0.5) is 11.4 Å². The average molecular weight is 232 g/mol. The van der Waals surface area contributed by atoms with E-state index in [0.717, 1.165) is 18.0 Å². The molecule has 1 heterocycles. The summed E-state index contributed by atoms with van der Waals surface area (Å²) in [6.07, 6.45) is 3.90. The molecule has 1 saturated carbocycles. The summed E-state index contributed by atoms with van der Waals surface area (Å²) in [5.74, 6) is 0.929. The van der Waals surface area contributed by atoms with E-state index in [1.54, 1.807) is 7.11 Å². The minimum Gasteiger partial charge on any atom is -0.495 e. The quantitative estimate of drug-likeness (QED) is 0.780. The number of ether oxygens (including phenoxy) is 1. The zero-order valence-corrected chi connectivity index (χ0v) is 10.5. The second-order valence-electron chi connectivity index (χ2n) is 5.48. The second kappa shape index (κ2) is 3.83. The average Bonchev–Trinajstić information content (AvgIpc) is 2.63. The third kappa shape index (κ3) is 1.65. The van der Waals surface area contributed by atoms with Crippen LogP contribution in [0, 0.1) is 5.41 Å². The minimum atomic E-state index is 0.365. The zero-order valence-electron chi connectivity index (χ0n) is 10.5. The van der Waals surface area contributed by atoms with Crippen LogP contribution in [0.3, 0.4) is 0 Å². The number of anilines is 2. The maximum absolute atomic E-state index is 5.42. The molecule has 1 aliphatic heterocycles. The largest absolute Gasteiger partial charge is 0.495 e. The molecule has 1 fully saturated rings. The van der Waals surface area contributed by atoms with Crippen molar-refractivity contribution in [3.63, 3.8) is 0 Å². The van der Waals surface area contributed by atoms with Crippen molar-refractivity contribution in [2.75, 3.05) is 24.3 Å². The van der Waals surface area contributed by atoms with Crippen LogP contribution in [0.15, 0.2) is 18.2 Å². The van der Waals surface area contributed by atoms with Crippen LogP contribution in [0.5, 0.6) is 5.75 Å². The van der Waals surface area contributed by atoms with Gasteiger partial charge in [-0.05, 0) is 25.0 Å². The van der Waals surface area contributed by atoms with Crippen molar-refractivity contribution >= 4 is 11.4 Å². The summed E-state index contributed by atoms with van der Waals surface area (Å²) in [6.45, 7) is 3.40. The van der Waals surface area contributed by atoms with E-state index in [2.05, 4.69) is 23.6 Å². The molecule has 3 heteroatoms. The van der Waals surface area contributed by atoms with Crippen LogP contribution in [0.1, 0.15) is 26.2 Å². The fraction of sp³-hybridized carbons (Fsp3) is 0.571. The van der Waals surface area contributed by atoms with Gasteiger partial charge in [0.15, 0.2) is 0 Å². The lowest BCUT2D eigenvalue weighted by Crippen LogP contribution is -2.36. The fourth-order valence-corrected chi connectivity index (χ4v) is 3.17. The molecule has 17 heavy (non-hydrogen) atoms. The normalized spacial score (nSPS) is 30.6. The van der Waals surface area contributed by atoms with Crippen molar-refractivity contribution in [1.82, 2.24) is 0 Å². The molecule has 3 nitrogen and oxygen atoms in total. The van der Waals surface area contributed by atoms with E-state index in [0.29, 0.717) is 11.5 Å². The molecule has 0 aromatic heterocycles. The molecule has 2 unspecified atom stereocenters. The van der Waals surface area contributed by atoms with Crippen molar-refractivity contribution < 1.29 is 4.74 Å². The van der Waals surface area contributed by atoms with Gasteiger partial charge in [-0.3, -0.25) is 0 Å². The number of para-hydroxylation sites is 1. The van der Waals surface area contributed by atoms with Gasteiger partial charge in [0.1, 0.15) is 11.4 Å². The molecule has 1 aromatic carbocycles. The van der Waals surface area contributed by atoms with Gasteiger partial charge in [-0.25, -0.2) is 0 Å². The van der Waals surface area contributed by atoms with E-state index in [4.69, 9.17) is 4.74 Å². The molecule has 2 aliphatic rings. The van der Waals surface area contributed by atoms with E-state index in [1.165, 1.54) is 24.9 Å². The number of methoxy groups -OCH3 is 1. The van der Waals surface area contributed by atoms with Gasteiger partial charge in [0.05, 0.1) is 12.8 Å². The highest BCUT2D eigenvalue weighted by molar-refractivity contribution is 5.76. The smallest absolute Gasteiger partial charge is 0.144 e. The van der Waals surface area contributed by atoms with Crippen LogP contribution in [0.25, 0.3) is 0 Å². The molecule has 0 amide bonds. The Bertz CT molecular complexity index is 432. The minimum absolute atomic E-state index is 0.365. The van der Waals surface area contributed by atoms with Gasteiger partial charge in [0, 0.05) is 18.0 Å². The van der Waals surface area contributed by atoms with Crippen LogP contribution in [-0.2, 0) is 0 Å². The first kappa shape index (κ1) is 10.8. The van der Waals surface area contributed by atoms with Crippen molar-refractivity contribution in [3.8, 4) is 5.75 Å². The molecule has 2 N–H and O–H groups in total. The van der Waals surface area contributed by atoms with Crippen LogP contribution >= 0.6 is 0 Å². The number of nitrogens with one attached hydrogen (secondary N) is 2. The highest BCUT2D eigenvalue weighted by Crippen LogP contribution is 2.45. The van der Waals surface area contributed by atoms with Crippen molar-refractivity contribution in [2.24, 2.45) is 5.41 Å². The molecule has 1 aromatic rings. The molecule has 0 bridgehead atoms. The fourth-order valence-electron chi connectivity index (χ4n) is 3.17. The number of hydrogen-bond donors (Lipinski definition) is 2. The second-order valence-corrected chi connectivity index (χ2v) is 5.48. The molecule has 0 spiro atoms. The molecular formula is C14H20N2O. The first-order chi connectivity index (χ1) is 8.23. The topological polar surface area (TPSA) is 33.3 Å². The highest BCUT2D eigenvalue weighted by atomic mass is 16.5. The van der Waals surface area contributed by atoms with Gasteiger partial charge in [0.25, 0.3) is 0 Å². The van der Waals surface area contributed by atoms with Crippen LogP contribution in [0.2, 0.25) is 0 Å². The van der Waals surface area contributed by atoms with Crippen molar-refractivity contribution in [1.29, 1.82) is 0 Å². The van der Waals surface area contributed by atoms with Gasteiger partial charge in [-0.2, -0.15) is 0 Å². The van der Waals surface area contributed by atoms with E-state index < -0.39 is 0 Å². The summed E-state index contributed by atoms with van der Waals surface area (Å²) in [7, 11) is 1.73. The highest BCUT2D eigenvalue weighted by Gasteiger charge is 2.40. The van der Waals surface area contributed by atoms with Crippen molar-refractivity contribution in [3.05, 3.63) is 18.2 Å². The lowest BCUT2D eigenvalue weighted by molar-refractivity contribution is 0.335. The maximum atomic E-state index is 5.42. The van der Waals surface area contributed by atoms with Gasteiger partial charge < -0.3 is 15.4 Å². The third-order valence-electron chi connectivity index (χ3n) is 4.33. The monoisotopic (exact) mass is 232 g/mol. The Morgan fingerprint density at radius 3 is 3.12 bits per heavy atom. The lowest BCUT2D eigenvalue weighted by atomic mass is 9.85. The van der Waals surface area contributed by atoms with Gasteiger partial charge in [0.2, 0.25) is 0 Å². The number of rotatable bonds is 1. The van der Waals surface area contributed by atoms with Crippen LogP contribution in [-0.4, -0.2) is 19.7 Å². The van der Waals surface area contributed by atoms with Gasteiger partial charge in [-0.15, -0.1) is 0 Å². The Kier molecular flexibility index (Phi) is 2.42. The summed E-state index contributed by atoms with van der Waals surface area (Å²) in [5.41, 5.74) is 2.66. The summed E-state index contributed by atoms with van der Waals surface area (Å²) in [5, 5.41) is 7.26. The van der Waals surface area contributed by atoms with Crippen molar-refractivity contribution in [2.45, 2.75) is 32.2 Å². The molecule has 1 aliphatic carbocycles. The number of fused-ring (bicyclic) bond motifs is 2. The SMILES string of the molecule is COc1cccc2c1NCC1(C)CCCC1N2. The van der Waals surface area contributed by atoms with E-state index in [1.807, 2.05) is 12.1 Å². The summed E-state index contributed by atoms with van der Waals surface area (Å²) < 4.78 is 5.42. The summed E-state index contributed by atoms with van der Waals surface area (Å²) in [4.78, 5) is 0. The molecule has 92 valence electrons. The molecule has 0 radical (unpaired) electrons. The molecular weight excluding hydrogens is 212 g/mol. The Balaban J connectivity index is 1.99. The van der Waals surface area contributed by atoms with Gasteiger partial charge in [-0.1, -0.05) is 19.4 Å². The Labute approximate surface area is 103 Å². The first-order valence-corrected chi connectivity index (χ1v) is 6.40. The number of hydrogen-bond acceptors (Lipinski definition) is 3. The van der Waals surface area contributed by atoms with E-state index in [9.17, 15) is 0 Å². The van der Waals surface area contributed by atoms with E-state index in [-0.39, 0.29) is 0 Å². The molecule has 0 saturated heterocycles. The maximum Gasteiger partial charge on any atom is 0.144 e. The van der Waals surface area contributed by atoms with E-state index >= 15 is 0 Å². The molecule has 3 rings (SSSR count). The van der Waals surface area contributed by atoms with Crippen LogP contribution < -0.4 is 15.4 Å². The standard InChI is InChI=1S/C14H20N2O/c1-14-8-4-7-12(14)16-10-5-3-6-11(17-2)13(10)15-9-14/h3,5-6,12,15-16H,4,7-9H2,1-2H3.